The molecule has 1 unspecified atom stereocenters. The Hall–Kier alpha value is -3.01. The number of ketones is 1. The Balaban J connectivity index is 1.89. The van der Waals surface area contributed by atoms with E-state index >= 15 is 0 Å². The SMILES string of the molecule is O=C1C=C(c2ccncc2)N2C=CC=CC12c1ccccn1. The molecule has 0 amide bonds. The third kappa shape index (κ3) is 1.67. The first-order chi connectivity index (χ1) is 10.8. The van der Waals surface area contributed by atoms with Crippen molar-refractivity contribution in [3.8, 4) is 0 Å². The van der Waals surface area contributed by atoms with Gasteiger partial charge in [-0.3, -0.25) is 14.8 Å². The van der Waals surface area contributed by atoms with Crippen LogP contribution >= 0.6 is 0 Å². The molecule has 2 aromatic rings. The number of fused-ring (bicyclic) bond motifs is 1. The van der Waals surface area contributed by atoms with Crippen molar-refractivity contribution < 1.29 is 4.79 Å². The molecule has 0 N–H and O–H groups in total. The maximum Gasteiger partial charge on any atom is 0.193 e. The smallest absolute Gasteiger partial charge is 0.193 e. The lowest BCUT2D eigenvalue weighted by molar-refractivity contribution is -0.120. The van der Waals surface area contributed by atoms with Gasteiger partial charge in [-0.25, -0.2) is 0 Å². The maximum atomic E-state index is 12.9. The number of rotatable bonds is 2. The Kier molecular flexibility index (Phi) is 2.76. The minimum absolute atomic E-state index is 0.0126. The minimum atomic E-state index is -0.880. The first-order valence-electron chi connectivity index (χ1n) is 7.06. The molecule has 0 spiro atoms. The monoisotopic (exact) mass is 287 g/mol. The number of aromatic nitrogens is 2. The van der Waals surface area contributed by atoms with Crippen LogP contribution in [0.4, 0.5) is 0 Å². The average molecular weight is 287 g/mol. The summed E-state index contributed by atoms with van der Waals surface area (Å²) in [7, 11) is 0. The van der Waals surface area contributed by atoms with Crippen LogP contribution in [0.2, 0.25) is 0 Å². The number of hydrogen-bond donors (Lipinski definition) is 0. The summed E-state index contributed by atoms with van der Waals surface area (Å²) >= 11 is 0. The van der Waals surface area contributed by atoms with Crippen LogP contribution in [-0.2, 0) is 10.3 Å². The summed E-state index contributed by atoms with van der Waals surface area (Å²) in [4.78, 5) is 23.3. The second-order valence-electron chi connectivity index (χ2n) is 5.18. The molecule has 0 aliphatic carbocycles. The van der Waals surface area contributed by atoms with Crippen LogP contribution in [0.3, 0.4) is 0 Å². The zero-order chi connectivity index (χ0) is 15.0. The number of carbonyl (C=O) groups excluding carboxylic acids is 1. The van der Waals surface area contributed by atoms with Crippen LogP contribution in [0.1, 0.15) is 11.3 Å². The molecule has 4 rings (SSSR count). The molecule has 0 radical (unpaired) electrons. The van der Waals surface area contributed by atoms with E-state index in [1.54, 1.807) is 24.7 Å². The Bertz CT molecular complexity index is 809. The zero-order valence-corrected chi connectivity index (χ0v) is 11.8. The molecule has 106 valence electrons. The Morgan fingerprint density at radius 1 is 1.00 bits per heavy atom. The molecule has 0 aromatic carbocycles. The normalized spacial score (nSPS) is 22.6. The van der Waals surface area contributed by atoms with Gasteiger partial charge < -0.3 is 4.90 Å². The van der Waals surface area contributed by atoms with Gasteiger partial charge >= 0.3 is 0 Å². The quantitative estimate of drug-likeness (QED) is 0.852. The molecular formula is C18H13N3O. The van der Waals surface area contributed by atoms with Gasteiger partial charge in [0.05, 0.1) is 11.4 Å². The highest BCUT2D eigenvalue weighted by molar-refractivity contribution is 6.10. The molecule has 0 saturated carbocycles. The van der Waals surface area contributed by atoms with Crippen molar-refractivity contribution in [2.24, 2.45) is 0 Å². The van der Waals surface area contributed by atoms with Crippen LogP contribution in [-0.4, -0.2) is 20.7 Å². The molecule has 4 heteroatoms. The second kappa shape index (κ2) is 4.77. The lowest BCUT2D eigenvalue weighted by Gasteiger charge is -2.37. The molecule has 0 bridgehead atoms. The van der Waals surface area contributed by atoms with E-state index in [0.29, 0.717) is 0 Å². The van der Waals surface area contributed by atoms with Gasteiger partial charge in [0.2, 0.25) is 0 Å². The molecule has 2 aromatic heterocycles. The van der Waals surface area contributed by atoms with Crippen molar-refractivity contribution in [3.63, 3.8) is 0 Å². The van der Waals surface area contributed by atoms with E-state index in [9.17, 15) is 4.79 Å². The standard InChI is InChI=1S/C18H13N3O/c22-17-13-15(14-6-10-19-11-7-14)21-12-4-2-8-18(17,21)16-5-1-3-9-20-16/h1-13H. The van der Waals surface area contributed by atoms with Gasteiger partial charge in [0.25, 0.3) is 0 Å². The van der Waals surface area contributed by atoms with Crippen molar-refractivity contribution >= 4 is 11.5 Å². The predicted octanol–water partition coefficient (Wildman–Crippen LogP) is 2.68. The van der Waals surface area contributed by atoms with Crippen LogP contribution in [0.5, 0.6) is 0 Å². The fourth-order valence-electron chi connectivity index (χ4n) is 2.97. The van der Waals surface area contributed by atoms with Gasteiger partial charge in [0.1, 0.15) is 0 Å². The fraction of sp³-hybridized carbons (Fsp3) is 0.0556. The molecule has 1 atom stereocenters. The third-order valence-corrected chi connectivity index (χ3v) is 4.00. The van der Waals surface area contributed by atoms with Gasteiger partial charge in [-0.05, 0) is 36.4 Å². The van der Waals surface area contributed by atoms with Gasteiger partial charge in [-0.1, -0.05) is 12.1 Å². The van der Waals surface area contributed by atoms with Crippen LogP contribution in [0.15, 0.2) is 79.4 Å². The minimum Gasteiger partial charge on any atom is -0.325 e. The van der Waals surface area contributed by atoms with E-state index in [2.05, 4.69) is 9.97 Å². The van der Waals surface area contributed by atoms with Crippen molar-refractivity contribution in [3.05, 3.63) is 90.7 Å². The van der Waals surface area contributed by atoms with E-state index < -0.39 is 5.54 Å². The highest BCUT2D eigenvalue weighted by Crippen LogP contribution is 2.44. The maximum absolute atomic E-state index is 12.9. The summed E-state index contributed by atoms with van der Waals surface area (Å²) in [6, 6.07) is 9.44. The summed E-state index contributed by atoms with van der Waals surface area (Å²) in [6.45, 7) is 0. The van der Waals surface area contributed by atoms with Crippen molar-refractivity contribution in [1.29, 1.82) is 0 Å². The van der Waals surface area contributed by atoms with Crippen molar-refractivity contribution in [2.45, 2.75) is 5.54 Å². The fourth-order valence-corrected chi connectivity index (χ4v) is 2.97. The molecular weight excluding hydrogens is 274 g/mol. The Morgan fingerprint density at radius 3 is 2.64 bits per heavy atom. The van der Waals surface area contributed by atoms with E-state index in [-0.39, 0.29) is 5.78 Å². The predicted molar refractivity (Wildman–Crippen MR) is 83.3 cm³/mol. The summed E-state index contributed by atoms with van der Waals surface area (Å²) in [5.41, 5.74) is 1.66. The summed E-state index contributed by atoms with van der Waals surface area (Å²) in [6.07, 6.45) is 14.5. The highest BCUT2D eigenvalue weighted by atomic mass is 16.1. The van der Waals surface area contributed by atoms with E-state index in [0.717, 1.165) is 17.0 Å². The molecule has 4 heterocycles. The average Bonchev–Trinajstić information content (AvgIpc) is 2.91. The number of pyridine rings is 2. The number of carbonyl (C=O) groups is 1. The summed E-state index contributed by atoms with van der Waals surface area (Å²) in [5, 5.41) is 0. The number of allylic oxidation sites excluding steroid dienone is 2. The van der Waals surface area contributed by atoms with Crippen molar-refractivity contribution in [1.82, 2.24) is 14.9 Å². The van der Waals surface area contributed by atoms with E-state index in [1.807, 2.05) is 59.7 Å². The van der Waals surface area contributed by atoms with Crippen LogP contribution < -0.4 is 0 Å². The lowest BCUT2D eigenvalue weighted by Crippen LogP contribution is -2.43. The molecule has 4 nitrogen and oxygen atoms in total. The van der Waals surface area contributed by atoms with Gasteiger partial charge in [-0.15, -0.1) is 0 Å². The van der Waals surface area contributed by atoms with Gasteiger partial charge in [0.15, 0.2) is 11.3 Å². The summed E-state index contributed by atoms with van der Waals surface area (Å²) < 4.78 is 0. The van der Waals surface area contributed by atoms with Crippen LogP contribution in [0.25, 0.3) is 5.70 Å². The van der Waals surface area contributed by atoms with Gasteiger partial charge in [0, 0.05) is 36.4 Å². The molecule has 2 aliphatic rings. The van der Waals surface area contributed by atoms with Gasteiger partial charge in [-0.2, -0.15) is 0 Å². The van der Waals surface area contributed by atoms with E-state index in [1.165, 1.54) is 0 Å². The Labute approximate surface area is 128 Å². The largest absolute Gasteiger partial charge is 0.325 e. The highest BCUT2D eigenvalue weighted by Gasteiger charge is 2.49. The Morgan fingerprint density at radius 2 is 1.86 bits per heavy atom. The zero-order valence-electron chi connectivity index (χ0n) is 11.8. The molecule has 0 fully saturated rings. The van der Waals surface area contributed by atoms with Crippen LogP contribution in [0, 0.1) is 0 Å². The van der Waals surface area contributed by atoms with E-state index in [4.69, 9.17) is 0 Å². The molecule has 0 saturated heterocycles. The molecule has 22 heavy (non-hydrogen) atoms. The first kappa shape index (κ1) is 12.7. The number of nitrogens with zero attached hydrogens (tertiary/aromatic N) is 3. The number of hydrogen-bond acceptors (Lipinski definition) is 4. The third-order valence-electron chi connectivity index (χ3n) is 4.00. The molecule has 2 aliphatic heterocycles. The summed E-state index contributed by atoms with van der Waals surface area (Å²) in [5.74, 6) is 0.0126. The first-order valence-corrected chi connectivity index (χ1v) is 7.06. The lowest BCUT2D eigenvalue weighted by atomic mass is 9.88. The second-order valence-corrected chi connectivity index (χ2v) is 5.18. The van der Waals surface area contributed by atoms with Crippen molar-refractivity contribution in [2.75, 3.05) is 0 Å². The topological polar surface area (TPSA) is 46.1 Å².